The molecule has 9 heteroatoms. The first kappa shape index (κ1) is 24.2. The fraction of sp³-hybridized carbons (Fsp3) is 0.250. The first-order valence-corrected chi connectivity index (χ1v) is 12.4. The molecule has 5 rings (SSSR count). The molecular weight excluding hydrogens is 466 g/mol. The molecule has 1 aliphatic heterocycles. The lowest BCUT2D eigenvalue weighted by atomic mass is 10.2. The molecule has 1 fully saturated rings. The van der Waals surface area contributed by atoms with Gasteiger partial charge in [-0.3, -0.25) is 9.78 Å². The van der Waals surface area contributed by atoms with E-state index >= 15 is 0 Å². The van der Waals surface area contributed by atoms with Gasteiger partial charge in [-0.1, -0.05) is 6.92 Å². The van der Waals surface area contributed by atoms with Gasteiger partial charge in [0.2, 0.25) is 0 Å². The fourth-order valence-corrected chi connectivity index (χ4v) is 4.24. The standard InChI is InChI=1S/C28H29N7O2/c1-3-21-5-7-23(18-29-21)37-25-9-6-22(17-20(25)2)32-28-27-24(30-19-31-28)8-10-26(33-27)35-14-12-34(13-15-35)11-4-16-36/h4-11,16-19H,3,12-15H2,1-2H3,(H,30,31,32). The molecule has 0 atom stereocenters. The average Bonchev–Trinajstić information content (AvgIpc) is 2.94. The Bertz CT molecular complexity index is 1410. The second-order valence-electron chi connectivity index (χ2n) is 8.81. The van der Waals surface area contributed by atoms with E-state index in [1.807, 2.05) is 55.6 Å². The normalized spacial score (nSPS) is 13.8. The molecule has 3 aromatic heterocycles. The highest BCUT2D eigenvalue weighted by Gasteiger charge is 2.17. The highest BCUT2D eigenvalue weighted by Crippen LogP contribution is 2.30. The van der Waals surface area contributed by atoms with Crippen LogP contribution in [0, 0.1) is 6.92 Å². The van der Waals surface area contributed by atoms with Gasteiger partial charge >= 0.3 is 0 Å². The highest BCUT2D eigenvalue weighted by molar-refractivity contribution is 5.88. The molecule has 1 N–H and O–H groups in total. The summed E-state index contributed by atoms with van der Waals surface area (Å²) in [5.41, 5.74) is 4.38. The van der Waals surface area contributed by atoms with Crippen LogP contribution in [-0.4, -0.2) is 57.3 Å². The number of piperazine rings is 1. The zero-order valence-electron chi connectivity index (χ0n) is 21.0. The highest BCUT2D eigenvalue weighted by atomic mass is 16.5. The van der Waals surface area contributed by atoms with E-state index in [4.69, 9.17) is 9.72 Å². The number of aryl methyl sites for hydroxylation is 2. The Morgan fingerprint density at radius 2 is 1.89 bits per heavy atom. The number of aromatic nitrogens is 4. The van der Waals surface area contributed by atoms with E-state index in [1.54, 1.807) is 12.5 Å². The number of fused-ring (bicyclic) bond motifs is 1. The number of rotatable bonds is 8. The second kappa shape index (κ2) is 11.0. The largest absolute Gasteiger partial charge is 0.455 e. The minimum absolute atomic E-state index is 0.645. The summed E-state index contributed by atoms with van der Waals surface area (Å²) in [5, 5.41) is 3.40. The van der Waals surface area contributed by atoms with E-state index in [2.05, 4.69) is 37.0 Å². The number of aldehydes is 1. The van der Waals surface area contributed by atoms with E-state index in [9.17, 15) is 4.79 Å². The van der Waals surface area contributed by atoms with Crippen molar-refractivity contribution in [2.45, 2.75) is 20.3 Å². The summed E-state index contributed by atoms with van der Waals surface area (Å²) in [6.07, 6.45) is 8.36. The molecule has 9 nitrogen and oxygen atoms in total. The summed E-state index contributed by atoms with van der Waals surface area (Å²) in [5.74, 6) is 3.01. The summed E-state index contributed by atoms with van der Waals surface area (Å²) in [6, 6.07) is 13.8. The van der Waals surface area contributed by atoms with Gasteiger partial charge in [0.25, 0.3) is 0 Å². The van der Waals surface area contributed by atoms with Gasteiger partial charge in [0.05, 0.1) is 11.7 Å². The Morgan fingerprint density at radius 3 is 2.62 bits per heavy atom. The van der Waals surface area contributed by atoms with E-state index in [1.165, 1.54) is 6.08 Å². The first-order chi connectivity index (χ1) is 18.1. The van der Waals surface area contributed by atoms with Gasteiger partial charge in [-0.25, -0.2) is 15.0 Å². The minimum atomic E-state index is 0.645. The molecular formula is C28H29N7O2. The SMILES string of the molecule is CCc1ccc(Oc2ccc(Nc3ncnc4ccc(N5CCN(C=CC=O)CC5)nc34)cc2C)cn1. The minimum Gasteiger partial charge on any atom is -0.455 e. The van der Waals surface area contributed by atoms with Crippen molar-refractivity contribution in [1.29, 1.82) is 0 Å². The van der Waals surface area contributed by atoms with Gasteiger partial charge in [0.1, 0.15) is 35.4 Å². The lowest BCUT2D eigenvalue weighted by Crippen LogP contribution is -2.44. The molecule has 0 bridgehead atoms. The fourth-order valence-electron chi connectivity index (χ4n) is 4.24. The third-order valence-electron chi connectivity index (χ3n) is 6.31. The smallest absolute Gasteiger partial charge is 0.160 e. The van der Waals surface area contributed by atoms with Crippen LogP contribution in [0.3, 0.4) is 0 Å². The van der Waals surface area contributed by atoms with Crippen molar-refractivity contribution in [1.82, 2.24) is 24.8 Å². The molecule has 0 saturated carbocycles. The average molecular weight is 496 g/mol. The summed E-state index contributed by atoms with van der Waals surface area (Å²) in [7, 11) is 0. The van der Waals surface area contributed by atoms with Crippen LogP contribution >= 0.6 is 0 Å². The molecule has 4 heterocycles. The van der Waals surface area contributed by atoms with Crippen LogP contribution in [0.5, 0.6) is 11.5 Å². The zero-order valence-corrected chi connectivity index (χ0v) is 21.0. The van der Waals surface area contributed by atoms with Crippen LogP contribution in [0.4, 0.5) is 17.3 Å². The van der Waals surface area contributed by atoms with Crippen molar-refractivity contribution in [2.24, 2.45) is 0 Å². The number of ether oxygens (including phenoxy) is 1. The van der Waals surface area contributed by atoms with Crippen LogP contribution in [0.25, 0.3) is 11.0 Å². The molecule has 0 radical (unpaired) electrons. The van der Waals surface area contributed by atoms with E-state index in [0.29, 0.717) is 17.1 Å². The number of nitrogens with zero attached hydrogens (tertiary/aromatic N) is 6. The molecule has 0 amide bonds. The zero-order chi connectivity index (χ0) is 25.6. The molecule has 0 spiro atoms. The predicted octanol–water partition coefficient (Wildman–Crippen LogP) is 4.66. The van der Waals surface area contributed by atoms with E-state index in [0.717, 1.165) is 72.9 Å². The number of allylic oxidation sites excluding steroid dienone is 1. The Hall–Kier alpha value is -4.53. The maximum absolute atomic E-state index is 10.6. The molecule has 188 valence electrons. The third kappa shape index (κ3) is 5.66. The Labute approximate surface area is 215 Å². The molecule has 37 heavy (non-hydrogen) atoms. The van der Waals surface area contributed by atoms with Gasteiger partial charge in [-0.15, -0.1) is 0 Å². The van der Waals surface area contributed by atoms with Crippen molar-refractivity contribution in [3.8, 4) is 11.5 Å². The number of benzene rings is 1. The van der Waals surface area contributed by atoms with Crippen molar-refractivity contribution >= 4 is 34.6 Å². The predicted molar refractivity (Wildman–Crippen MR) is 144 cm³/mol. The molecule has 0 aliphatic carbocycles. The lowest BCUT2D eigenvalue weighted by molar-refractivity contribution is -0.104. The lowest BCUT2D eigenvalue weighted by Gasteiger charge is -2.34. The van der Waals surface area contributed by atoms with Crippen molar-refractivity contribution in [3.63, 3.8) is 0 Å². The number of hydrogen-bond acceptors (Lipinski definition) is 9. The number of nitrogens with one attached hydrogen (secondary N) is 1. The number of hydrogen-bond donors (Lipinski definition) is 1. The Morgan fingerprint density at radius 1 is 1.03 bits per heavy atom. The van der Waals surface area contributed by atoms with Crippen LogP contribution in [-0.2, 0) is 11.2 Å². The molecule has 1 saturated heterocycles. The van der Waals surface area contributed by atoms with Gasteiger partial charge in [-0.05, 0) is 67.4 Å². The van der Waals surface area contributed by atoms with Crippen LogP contribution in [0.1, 0.15) is 18.2 Å². The van der Waals surface area contributed by atoms with E-state index < -0.39 is 0 Å². The van der Waals surface area contributed by atoms with Gasteiger partial charge in [-0.2, -0.15) is 0 Å². The van der Waals surface area contributed by atoms with Gasteiger partial charge in [0.15, 0.2) is 5.82 Å². The van der Waals surface area contributed by atoms with Gasteiger partial charge < -0.3 is 19.9 Å². The quantitative estimate of drug-likeness (QED) is 0.276. The van der Waals surface area contributed by atoms with Crippen molar-refractivity contribution in [3.05, 3.63) is 78.5 Å². The van der Waals surface area contributed by atoms with Crippen molar-refractivity contribution < 1.29 is 9.53 Å². The molecule has 0 unspecified atom stereocenters. The van der Waals surface area contributed by atoms with Crippen LogP contribution in [0.2, 0.25) is 0 Å². The number of carbonyl (C=O) groups is 1. The third-order valence-corrected chi connectivity index (χ3v) is 6.31. The van der Waals surface area contributed by atoms with E-state index in [-0.39, 0.29) is 0 Å². The molecule has 4 aromatic rings. The summed E-state index contributed by atoms with van der Waals surface area (Å²) >= 11 is 0. The molecule has 1 aromatic carbocycles. The summed E-state index contributed by atoms with van der Waals surface area (Å²) in [4.78, 5) is 33.1. The monoisotopic (exact) mass is 495 g/mol. The number of carbonyl (C=O) groups excluding carboxylic acids is 1. The first-order valence-electron chi connectivity index (χ1n) is 12.4. The van der Waals surface area contributed by atoms with Crippen LogP contribution < -0.4 is 15.0 Å². The summed E-state index contributed by atoms with van der Waals surface area (Å²) < 4.78 is 6.04. The maximum atomic E-state index is 10.6. The maximum Gasteiger partial charge on any atom is 0.160 e. The Balaban J connectivity index is 1.32. The second-order valence-corrected chi connectivity index (χ2v) is 8.81. The van der Waals surface area contributed by atoms with Crippen molar-refractivity contribution in [2.75, 3.05) is 36.4 Å². The van der Waals surface area contributed by atoms with Gasteiger partial charge in [0, 0.05) is 43.8 Å². The topological polar surface area (TPSA) is 96.4 Å². The number of anilines is 3. The number of pyridine rings is 2. The molecule has 1 aliphatic rings. The summed E-state index contributed by atoms with van der Waals surface area (Å²) in [6.45, 7) is 7.37. The Kier molecular flexibility index (Phi) is 7.21. The van der Waals surface area contributed by atoms with Crippen LogP contribution in [0.15, 0.2) is 67.3 Å².